The van der Waals surface area contributed by atoms with Crippen LogP contribution in [0.25, 0.3) is 22.0 Å². The molecular formula is C14H10ClN3. The smallest absolute Gasteiger partial charge is 0.133 e. The molecule has 3 nitrogen and oxygen atoms in total. The molecule has 0 aliphatic rings. The van der Waals surface area contributed by atoms with Crippen LogP contribution in [0.1, 0.15) is 0 Å². The van der Waals surface area contributed by atoms with Crippen molar-refractivity contribution in [3.8, 4) is 11.3 Å². The van der Waals surface area contributed by atoms with E-state index in [1.165, 1.54) is 0 Å². The monoisotopic (exact) mass is 255 g/mol. The first kappa shape index (κ1) is 11.0. The topological polar surface area (TPSA) is 51.8 Å². The third-order valence-corrected chi connectivity index (χ3v) is 3.14. The van der Waals surface area contributed by atoms with Crippen LogP contribution < -0.4 is 5.73 Å². The first-order valence-electron chi connectivity index (χ1n) is 5.51. The van der Waals surface area contributed by atoms with Gasteiger partial charge in [0, 0.05) is 28.4 Å². The summed E-state index contributed by atoms with van der Waals surface area (Å²) < 4.78 is 0. The molecule has 0 saturated heterocycles. The highest BCUT2D eigenvalue weighted by Gasteiger charge is 2.07. The van der Waals surface area contributed by atoms with Gasteiger partial charge in [0.2, 0.25) is 0 Å². The average molecular weight is 256 g/mol. The zero-order chi connectivity index (χ0) is 12.5. The molecule has 4 heteroatoms. The van der Waals surface area contributed by atoms with Crippen LogP contribution in [0.5, 0.6) is 0 Å². The Bertz CT molecular complexity index is 725. The van der Waals surface area contributed by atoms with Gasteiger partial charge in [0.1, 0.15) is 5.82 Å². The highest BCUT2D eigenvalue weighted by Crippen LogP contribution is 2.29. The molecular weight excluding hydrogens is 246 g/mol. The van der Waals surface area contributed by atoms with Crippen molar-refractivity contribution in [2.45, 2.75) is 0 Å². The molecule has 0 radical (unpaired) electrons. The lowest BCUT2D eigenvalue weighted by atomic mass is 10.1. The summed E-state index contributed by atoms with van der Waals surface area (Å²) >= 11 is 6.17. The molecule has 2 heterocycles. The Morgan fingerprint density at radius 3 is 2.78 bits per heavy atom. The second-order valence-corrected chi connectivity index (χ2v) is 4.38. The Morgan fingerprint density at radius 1 is 1.11 bits per heavy atom. The summed E-state index contributed by atoms with van der Waals surface area (Å²) in [7, 11) is 0. The lowest BCUT2D eigenvalue weighted by Gasteiger charge is -2.07. The van der Waals surface area contributed by atoms with Gasteiger partial charge in [-0.25, -0.2) is 4.98 Å². The van der Waals surface area contributed by atoms with Crippen LogP contribution in [-0.2, 0) is 0 Å². The number of benzene rings is 1. The SMILES string of the molecule is Nc1nc(-c2ccccc2Cl)cc2ccncc12. The third kappa shape index (κ3) is 1.79. The minimum absolute atomic E-state index is 0.468. The van der Waals surface area contributed by atoms with Gasteiger partial charge in [-0.2, -0.15) is 0 Å². The summed E-state index contributed by atoms with van der Waals surface area (Å²) in [5, 5.41) is 2.53. The molecule has 2 N–H and O–H groups in total. The van der Waals surface area contributed by atoms with Gasteiger partial charge in [-0.05, 0) is 23.6 Å². The number of nitrogens with zero attached hydrogens (tertiary/aromatic N) is 2. The number of halogens is 1. The van der Waals surface area contributed by atoms with Gasteiger partial charge >= 0.3 is 0 Å². The minimum atomic E-state index is 0.468. The molecule has 18 heavy (non-hydrogen) atoms. The fourth-order valence-corrected chi connectivity index (χ4v) is 2.15. The second-order valence-electron chi connectivity index (χ2n) is 3.97. The highest BCUT2D eigenvalue weighted by atomic mass is 35.5. The van der Waals surface area contributed by atoms with Crippen LogP contribution in [-0.4, -0.2) is 9.97 Å². The molecule has 3 rings (SSSR count). The highest BCUT2D eigenvalue weighted by molar-refractivity contribution is 6.33. The summed E-state index contributed by atoms with van der Waals surface area (Å²) in [6.07, 6.45) is 3.45. The van der Waals surface area contributed by atoms with Crippen LogP contribution in [0.15, 0.2) is 48.8 Å². The molecule has 0 amide bonds. The molecule has 88 valence electrons. The van der Waals surface area contributed by atoms with E-state index < -0.39 is 0 Å². The first-order chi connectivity index (χ1) is 8.75. The quantitative estimate of drug-likeness (QED) is 0.724. The van der Waals surface area contributed by atoms with Gasteiger partial charge in [-0.3, -0.25) is 4.98 Å². The minimum Gasteiger partial charge on any atom is -0.383 e. The molecule has 0 saturated carbocycles. The maximum Gasteiger partial charge on any atom is 0.133 e. The number of aromatic nitrogens is 2. The van der Waals surface area contributed by atoms with Crippen molar-refractivity contribution < 1.29 is 0 Å². The molecule has 0 aliphatic heterocycles. The van der Waals surface area contributed by atoms with Gasteiger partial charge in [-0.15, -0.1) is 0 Å². The number of hydrogen-bond acceptors (Lipinski definition) is 3. The zero-order valence-corrected chi connectivity index (χ0v) is 10.2. The van der Waals surface area contributed by atoms with E-state index in [0.29, 0.717) is 10.8 Å². The van der Waals surface area contributed by atoms with Gasteiger partial charge < -0.3 is 5.73 Å². The average Bonchev–Trinajstić information content (AvgIpc) is 2.39. The Kier molecular flexibility index (Phi) is 2.61. The number of hydrogen-bond donors (Lipinski definition) is 1. The van der Waals surface area contributed by atoms with Crippen LogP contribution >= 0.6 is 11.6 Å². The van der Waals surface area contributed by atoms with Crippen LogP contribution in [0.2, 0.25) is 5.02 Å². The van der Waals surface area contributed by atoms with Crippen molar-refractivity contribution in [1.29, 1.82) is 0 Å². The third-order valence-electron chi connectivity index (χ3n) is 2.81. The van der Waals surface area contributed by atoms with E-state index in [9.17, 15) is 0 Å². The van der Waals surface area contributed by atoms with E-state index in [1.54, 1.807) is 12.4 Å². The van der Waals surface area contributed by atoms with Crippen molar-refractivity contribution in [1.82, 2.24) is 9.97 Å². The molecule has 2 aromatic heterocycles. The van der Waals surface area contributed by atoms with Gasteiger partial charge in [0.05, 0.1) is 5.69 Å². The predicted molar refractivity (Wildman–Crippen MR) is 74.4 cm³/mol. The summed E-state index contributed by atoms with van der Waals surface area (Å²) in [4.78, 5) is 8.43. The maximum atomic E-state index is 6.17. The van der Waals surface area contributed by atoms with Gasteiger partial charge in [-0.1, -0.05) is 29.8 Å². The molecule has 0 fully saturated rings. The van der Waals surface area contributed by atoms with Gasteiger partial charge in [0.25, 0.3) is 0 Å². The Balaban J connectivity index is 2.28. The zero-order valence-electron chi connectivity index (χ0n) is 9.47. The standard InChI is InChI=1S/C14H10ClN3/c15-12-4-2-1-3-10(12)13-7-9-5-6-17-8-11(9)14(16)18-13/h1-8H,(H2,16,18). The number of nitrogen functional groups attached to an aromatic ring is 1. The Hall–Kier alpha value is -2.13. The maximum absolute atomic E-state index is 6.17. The first-order valence-corrected chi connectivity index (χ1v) is 5.88. The normalized spacial score (nSPS) is 10.7. The number of rotatable bonds is 1. The number of anilines is 1. The number of nitrogens with two attached hydrogens (primary N) is 1. The molecule has 3 aromatic rings. The molecule has 0 atom stereocenters. The van der Waals surface area contributed by atoms with Crippen molar-refractivity contribution in [2.24, 2.45) is 0 Å². The second kappa shape index (κ2) is 4.27. The van der Waals surface area contributed by atoms with E-state index >= 15 is 0 Å². The van der Waals surface area contributed by atoms with Crippen molar-refractivity contribution in [2.75, 3.05) is 5.73 Å². The fraction of sp³-hybridized carbons (Fsp3) is 0. The van der Waals surface area contributed by atoms with E-state index in [-0.39, 0.29) is 0 Å². The van der Waals surface area contributed by atoms with E-state index in [0.717, 1.165) is 22.0 Å². The summed E-state index contributed by atoms with van der Waals surface area (Å²) in [5.74, 6) is 0.468. The molecule has 0 bridgehead atoms. The Morgan fingerprint density at radius 2 is 1.94 bits per heavy atom. The van der Waals surface area contributed by atoms with E-state index in [1.807, 2.05) is 36.4 Å². The van der Waals surface area contributed by atoms with Crippen LogP contribution in [0.3, 0.4) is 0 Å². The van der Waals surface area contributed by atoms with E-state index in [4.69, 9.17) is 17.3 Å². The van der Waals surface area contributed by atoms with Crippen molar-refractivity contribution >= 4 is 28.2 Å². The van der Waals surface area contributed by atoms with Crippen LogP contribution in [0, 0.1) is 0 Å². The van der Waals surface area contributed by atoms with Crippen molar-refractivity contribution in [3.05, 3.63) is 53.8 Å². The fourth-order valence-electron chi connectivity index (χ4n) is 1.92. The predicted octanol–water partition coefficient (Wildman–Crippen LogP) is 3.53. The lowest BCUT2D eigenvalue weighted by molar-refractivity contribution is 1.32. The summed E-state index contributed by atoms with van der Waals surface area (Å²) in [6, 6.07) is 11.5. The van der Waals surface area contributed by atoms with E-state index in [2.05, 4.69) is 9.97 Å². The summed E-state index contributed by atoms with van der Waals surface area (Å²) in [5.41, 5.74) is 7.60. The lowest BCUT2D eigenvalue weighted by Crippen LogP contribution is -1.95. The largest absolute Gasteiger partial charge is 0.383 e. The molecule has 1 aromatic carbocycles. The molecule has 0 unspecified atom stereocenters. The van der Waals surface area contributed by atoms with Crippen molar-refractivity contribution in [3.63, 3.8) is 0 Å². The van der Waals surface area contributed by atoms with Gasteiger partial charge in [0.15, 0.2) is 0 Å². The number of pyridine rings is 2. The number of fused-ring (bicyclic) bond motifs is 1. The molecule has 0 spiro atoms. The Labute approximate surface area is 109 Å². The molecule has 0 aliphatic carbocycles. The van der Waals surface area contributed by atoms with Crippen LogP contribution in [0.4, 0.5) is 5.82 Å². The summed E-state index contributed by atoms with van der Waals surface area (Å²) in [6.45, 7) is 0.